The summed E-state index contributed by atoms with van der Waals surface area (Å²) in [5.41, 5.74) is 17.2. The molecular formula is C27H33N7O. The van der Waals surface area contributed by atoms with E-state index in [2.05, 4.69) is 50.2 Å². The zero-order chi connectivity index (χ0) is 24.4. The predicted octanol–water partition coefficient (Wildman–Crippen LogP) is 4.70. The summed E-state index contributed by atoms with van der Waals surface area (Å²) in [7, 11) is 1.69. The average Bonchev–Trinajstić information content (AvgIpc) is 3.50. The molecule has 8 heteroatoms. The lowest BCUT2D eigenvalue weighted by Crippen LogP contribution is -2.21. The number of nitrogens with two attached hydrogens (primary N) is 2. The van der Waals surface area contributed by atoms with E-state index >= 15 is 0 Å². The van der Waals surface area contributed by atoms with Gasteiger partial charge in [0.2, 0.25) is 5.95 Å². The number of hydrogen-bond acceptors (Lipinski definition) is 7. The maximum Gasteiger partial charge on any atom is 0.224 e. The molecule has 0 spiro atoms. The molecule has 4 aromatic rings. The molecule has 1 aliphatic rings. The van der Waals surface area contributed by atoms with Crippen LogP contribution < -0.4 is 21.5 Å². The molecule has 1 saturated carbocycles. The third kappa shape index (κ3) is 4.79. The van der Waals surface area contributed by atoms with Crippen LogP contribution in [0.15, 0.2) is 48.5 Å². The maximum atomic E-state index is 6.15. The number of nitrogens with zero attached hydrogens (tertiary/aromatic N) is 4. The Balaban J connectivity index is 1.42. The minimum Gasteiger partial charge on any atom is -0.496 e. The van der Waals surface area contributed by atoms with Crippen LogP contribution in [-0.4, -0.2) is 32.7 Å². The van der Waals surface area contributed by atoms with Crippen LogP contribution >= 0.6 is 0 Å². The van der Waals surface area contributed by atoms with E-state index in [0.717, 1.165) is 52.3 Å². The Kier molecular flexibility index (Phi) is 6.55. The molecule has 1 unspecified atom stereocenters. The fourth-order valence-corrected chi connectivity index (χ4v) is 5.01. The second-order valence-corrected chi connectivity index (χ2v) is 9.37. The van der Waals surface area contributed by atoms with Gasteiger partial charge in [0.25, 0.3) is 0 Å². The van der Waals surface area contributed by atoms with Crippen LogP contribution in [0.1, 0.15) is 50.0 Å². The van der Waals surface area contributed by atoms with Crippen molar-refractivity contribution in [2.24, 2.45) is 5.73 Å². The van der Waals surface area contributed by atoms with Crippen molar-refractivity contribution in [1.82, 2.24) is 19.5 Å². The van der Waals surface area contributed by atoms with Crippen molar-refractivity contribution in [1.29, 1.82) is 0 Å². The first-order chi connectivity index (χ1) is 17.0. The van der Waals surface area contributed by atoms with E-state index in [0.29, 0.717) is 24.8 Å². The predicted molar refractivity (Wildman–Crippen MR) is 140 cm³/mol. The molecule has 1 atom stereocenters. The van der Waals surface area contributed by atoms with Crippen molar-refractivity contribution >= 4 is 22.9 Å². The number of imidazole rings is 1. The summed E-state index contributed by atoms with van der Waals surface area (Å²) in [6.07, 6.45) is 5.39. The highest BCUT2D eigenvalue weighted by Crippen LogP contribution is 2.35. The van der Waals surface area contributed by atoms with Gasteiger partial charge in [0.05, 0.1) is 7.11 Å². The highest BCUT2D eigenvalue weighted by atomic mass is 16.5. The van der Waals surface area contributed by atoms with Crippen molar-refractivity contribution in [3.63, 3.8) is 0 Å². The van der Waals surface area contributed by atoms with Gasteiger partial charge in [-0.3, -0.25) is 0 Å². The number of ether oxygens (including phenoxy) is 1. The quantitative estimate of drug-likeness (QED) is 0.341. The molecule has 2 heterocycles. The van der Waals surface area contributed by atoms with Crippen LogP contribution in [0, 0.1) is 0 Å². The topological polar surface area (TPSA) is 117 Å². The van der Waals surface area contributed by atoms with Crippen LogP contribution in [0.3, 0.4) is 0 Å². The summed E-state index contributed by atoms with van der Waals surface area (Å²) in [5, 5.41) is 3.45. The Morgan fingerprint density at radius 2 is 1.80 bits per heavy atom. The molecule has 1 fully saturated rings. The third-order valence-electron chi connectivity index (χ3n) is 6.66. The van der Waals surface area contributed by atoms with Crippen LogP contribution in [-0.2, 0) is 13.0 Å². The number of rotatable bonds is 8. The molecule has 5 N–H and O–H groups in total. The summed E-state index contributed by atoms with van der Waals surface area (Å²) >= 11 is 0. The van der Waals surface area contributed by atoms with Gasteiger partial charge in [-0.1, -0.05) is 55.3 Å². The molecule has 2 aromatic heterocycles. The fraction of sp³-hybridized carbons (Fsp3) is 0.370. The Labute approximate surface area is 205 Å². The Morgan fingerprint density at radius 3 is 2.51 bits per heavy atom. The highest BCUT2D eigenvalue weighted by Gasteiger charge is 2.25. The molecule has 0 bridgehead atoms. The van der Waals surface area contributed by atoms with E-state index in [1.807, 2.05) is 25.1 Å². The van der Waals surface area contributed by atoms with E-state index in [1.165, 1.54) is 12.8 Å². The second-order valence-electron chi connectivity index (χ2n) is 9.37. The molecular weight excluding hydrogens is 438 g/mol. The number of hydrogen-bond donors (Lipinski definition) is 3. The van der Waals surface area contributed by atoms with E-state index in [9.17, 15) is 0 Å². The first kappa shape index (κ1) is 23.1. The number of anilines is 2. The zero-order valence-corrected chi connectivity index (χ0v) is 20.4. The minimum absolute atomic E-state index is 0.00966. The van der Waals surface area contributed by atoms with E-state index in [4.69, 9.17) is 21.2 Å². The Bertz CT molecular complexity index is 1310. The maximum absolute atomic E-state index is 6.15. The normalized spacial score (nSPS) is 14.9. The number of aromatic nitrogens is 4. The smallest absolute Gasteiger partial charge is 0.224 e. The lowest BCUT2D eigenvalue weighted by atomic mass is 10.0. The average molecular weight is 472 g/mol. The molecule has 0 aliphatic heterocycles. The largest absolute Gasteiger partial charge is 0.496 e. The number of fused-ring (bicyclic) bond motifs is 1. The molecule has 0 saturated heterocycles. The molecule has 35 heavy (non-hydrogen) atoms. The standard InChI is InChI=1S/C27H33N7O/c1-17(28)15-23-31-24-25(32-27(29)33-26(24)34(23)20-7-3-4-8-20)30-16-18-11-13-19(14-12-18)21-9-5-6-10-22(21)35-2/h5-6,9-14,17,20H,3-4,7-8,15-16,28H2,1-2H3,(H3,29,30,32,33). The van der Waals surface area contributed by atoms with Gasteiger partial charge >= 0.3 is 0 Å². The summed E-state index contributed by atoms with van der Waals surface area (Å²) in [6, 6.07) is 16.8. The monoisotopic (exact) mass is 471 g/mol. The first-order valence-electron chi connectivity index (χ1n) is 12.3. The van der Waals surface area contributed by atoms with E-state index in [-0.39, 0.29) is 12.0 Å². The lowest BCUT2D eigenvalue weighted by Gasteiger charge is -2.17. The Morgan fingerprint density at radius 1 is 1.06 bits per heavy atom. The molecule has 0 radical (unpaired) electrons. The van der Waals surface area contributed by atoms with E-state index in [1.54, 1.807) is 7.11 Å². The summed E-state index contributed by atoms with van der Waals surface area (Å²) < 4.78 is 7.77. The molecule has 1 aliphatic carbocycles. The summed E-state index contributed by atoms with van der Waals surface area (Å²) in [6.45, 7) is 2.60. The molecule has 0 amide bonds. The van der Waals surface area contributed by atoms with Crippen molar-refractivity contribution in [3.8, 4) is 16.9 Å². The molecule has 182 valence electrons. The van der Waals surface area contributed by atoms with Crippen LogP contribution in [0.5, 0.6) is 5.75 Å². The van der Waals surface area contributed by atoms with Crippen LogP contribution in [0.4, 0.5) is 11.8 Å². The molecule has 2 aromatic carbocycles. The third-order valence-corrected chi connectivity index (χ3v) is 6.66. The second kappa shape index (κ2) is 9.92. The molecule has 5 rings (SSSR count). The summed E-state index contributed by atoms with van der Waals surface area (Å²) in [4.78, 5) is 14.0. The van der Waals surface area contributed by atoms with Crippen molar-refractivity contribution < 1.29 is 4.74 Å². The van der Waals surface area contributed by atoms with Gasteiger partial charge in [0.1, 0.15) is 11.6 Å². The SMILES string of the molecule is COc1ccccc1-c1ccc(CNc2nc(N)nc3c2nc(CC(C)N)n3C2CCCC2)cc1. The van der Waals surface area contributed by atoms with Gasteiger partial charge in [0, 0.05) is 30.6 Å². The zero-order valence-electron chi connectivity index (χ0n) is 20.4. The number of nitrogen functional groups attached to an aromatic ring is 1. The van der Waals surface area contributed by atoms with Gasteiger partial charge in [-0.05, 0) is 37.0 Å². The summed E-state index contributed by atoms with van der Waals surface area (Å²) in [5.74, 6) is 2.73. The fourth-order valence-electron chi connectivity index (χ4n) is 5.01. The molecule has 8 nitrogen and oxygen atoms in total. The number of nitrogens with one attached hydrogen (secondary N) is 1. The number of methoxy groups -OCH3 is 1. The van der Waals surface area contributed by atoms with Gasteiger partial charge in [-0.15, -0.1) is 0 Å². The minimum atomic E-state index is 0.00966. The number of para-hydroxylation sites is 1. The van der Waals surface area contributed by atoms with E-state index < -0.39 is 0 Å². The van der Waals surface area contributed by atoms with Gasteiger partial charge in [-0.25, -0.2) is 4.98 Å². The number of benzene rings is 2. The highest BCUT2D eigenvalue weighted by molar-refractivity contribution is 5.85. The van der Waals surface area contributed by atoms with Crippen LogP contribution in [0.25, 0.3) is 22.3 Å². The van der Waals surface area contributed by atoms with Crippen molar-refractivity contribution in [2.75, 3.05) is 18.2 Å². The first-order valence-corrected chi connectivity index (χ1v) is 12.3. The van der Waals surface area contributed by atoms with Crippen LogP contribution in [0.2, 0.25) is 0 Å². The van der Waals surface area contributed by atoms with Gasteiger partial charge in [0.15, 0.2) is 17.0 Å². The Hall–Kier alpha value is -3.65. The van der Waals surface area contributed by atoms with Gasteiger partial charge < -0.3 is 26.1 Å². The van der Waals surface area contributed by atoms with Crippen molar-refractivity contribution in [3.05, 3.63) is 59.9 Å². The van der Waals surface area contributed by atoms with Gasteiger partial charge in [-0.2, -0.15) is 9.97 Å². The van der Waals surface area contributed by atoms with Crippen molar-refractivity contribution in [2.45, 2.75) is 57.7 Å². The lowest BCUT2D eigenvalue weighted by molar-refractivity contribution is 0.416.